The van der Waals surface area contributed by atoms with E-state index in [1.54, 1.807) is 43.3 Å². The summed E-state index contributed by atoms with van der Waals surface area (Å²) >= 11 is 0. The van der Waals surface area contributed by atoms with Gasteiger partial charge in [-0.25, -0.2) is 14.4 Å². The highest BCUT2D eigenvalue weighted by molar-refractivity contribution is 5.79. The molecule has 0 spiro atoms. The first-order chi connectivity index (χ1) is 22.0. The van der Waals surface area contributed by atoms with Crippen LogP contribution >= 0.6 is 0 Å². The van der Waals surface area contributed by atoms with Gasteiger partial charge < -0.3 is 14.5 Å². The minimum Gasteiger partial charge on any atom is -0.494 e. The standard InChI is InChI=1S/C33H36F4N6O3/c1-4-46-25-10-8-24(9-11-25)43-31(39-30-26(32(43)45)6-5-13-38-30)22(2)42(19-18-41-16-14-40(3)15-17-41)29(44)21-23-7-12-28(34)27(20-23)33(35,36)37/h5-13,20,22H,4,14-19,21H2,1-3H3/t22-/m1/s1. The van der Waals surface area contributed by atoms with Crippen molar-refractivity contribution in [3.05, 3.63) is 93.9 Å². The van der Waals surface area contributed by atoms with Crippen LogP contribution in [0.1, 0.15) is 36.8 Å². The Balaban J connectivity index is 1.55. The molecule has 5 rings (SSSR count). The van der Waals surface area contributed by atoms with Crippen molar-refractivity contribution in [3.8, 4) is 11.4 Å². The van der Waals surface area contributed by atoms with Gasteiger partial charge in [0.25, 0.3) is 5.56 Å². The summed E-state index contributed by atoms with van der Waals surface area (Å²) < 4.78 is 61.4. The molecule has 1 aliphatic rings. The number of nitrogens with zero attached hydrogens (tertiary/aromatic N) is 6. The van der Waals surface area contributed by atoms with Crippen molar-refractivity contribution in [1.29, 1.82) is 0 Å². The fourth-order valence-electron chi connectivity index (χ4n) is 5.59. The van der Waals surface area contributed by atoms with Crippen LogP contribution in [0.5, 0.6) is 5.75 Å². The Bertz CT molecular complexity index is 1740. The number of hydrogen-bond donors (Lipinski definition) is 0. The molecule has 244 valence electrons. The number of ether oxygens (including phenoxy) is 1. The third-order valence-electron chi connectivity index (χ3n) is 8.18. The van der Waals surface area contributed by atoms with Crippen LogP contribution < -0.4 is 10.3 Å². The maximum Gasteiger partial charge on any atom is 0.419 e. The van der Waals surface area contributed by atoms with E-state index >= 15 is 0 Å². The molecule has 9 nitrogen and oxygen atoms in total. The van der Waals surface area contributed by atoms with Crippen LogP contribution in [0.4, 0.5) is 17.6 Å². The van der Waals surface area contributed by atoms with Crippen molar-refractivity contribution < 1.29 is 27.1 Å². The second-order valence-corrected chi connectivity index (χ2v) is 11.3. The lowest BCUT2D eigenvalue weighted by molar-refractivity contribution is -0.140. The number of benzene rings is 2. The number of rotatable bonds is 10. The summed E-state index contributed by atoms with van der Waals surface area (Å²) in [6, 6.07) is 12.0. The number of fused-ring (bicyclic) bond motifs is 1. The summed E-state index contributed by atoms with van der Waals surface area (Å²) in [7, 11) is 2.03. The van der Waals surface area contributed by atoms with Crippen LogP contribution in [0.2, 0.25) is 0 Å². The molecular formula is C33H36F4N6O3. The van der Waals surface area contributed by atoms with Gasteiger partial charge >= 0.3 is 6.18 Å². The van der Waals surface area contributed by atoms with E-state index in [0.717, 1.165) is 32.2 Å². The van der Waals surface area contributed by atoms with Gasteiger partial charge in [-0.1, -0.05) is 6.07 Å². The molecule has 2 aromatic carbocycles. The van der Waals surface area contributed by atoms with Gasteiger partial charge in [0, 0.05) is 45.5 Å². The first kappa shape index (κ1) is 33.0. The molecule has 0 saturated carbocycles. The summed E-state index contributed by atoms with van der Waals surface area (Å²) in [4.78, 5) is 42.9. The highest BCUT2D eigenvalue weighted by Gasteiger charge is 2.35. The molecular weight excluding hydrogens is 604 g/mol. The normalized spacial score (nSPS) is 15.2. The molecule has 46 heavy (non-hydrogen) atoms. The Morgan fingerprint density at radius 1 is 1.07 bits per heavy atom. The van der Waals surface area contributed by atoms with E-state index in [0.29, 0.717) is 30.7 Å². The van der Waals surface area contributed by atoms with Gasteiger partial charge in [-0.3, -0.25) is 19.1 Å². The summed E-state index contributed by atoms with van der Waals surface area (Å²) in [5.41, 5.74) is -1.09. The number of amides is 1. The number of alkyl halides is 3. The molecule has 3 heterocycles. The SMILES string of the molecule is CCOc1ccc(-n2c([C@@H](C)N(CCN3CCN(C)CC3)C(=O)Cc3ccc(F)c(C(F)(F)F)c3)nc3ncccc3c2=O)cc1. The van der Waals surface area contributed by atoms with Gasteiger partial charge in [-0.05, 0) is 75.0 Å². The second-order valence-electron chi connectivity index (χ2n) is 11.3. The Hall–Kier alpha value is -4.36. The zero-order valence-electron chi connectivity index (χ0n) is 25.9. The fraction of sp³-hybridized carbons (Fsp3) is 0.394. The minimum absolute atomic E-state index is 0.0209. The van der Waals surface area contributed by atoms with Crippen molar-refractivity contribution in [3.63, 3.8) is 0 Å². The Morgan fingerprint density at radius 3 is 2.46 bits per heavy atom. The van der Waals surface area contributed by atoms with Gasteiger partial charge in [0.2, 0.25) is 5.91 Å². The monoisotopic (exact) mass is 640 g/mol. The van der Waals surface area contributed by atoms with Crippen molar-refractivity contribution in [2.75, 3.05) is 52.9 Å². The number of aromatic nitrogens is 3. The lowest BCUT2D eigenvalue weighted by Crippen LogP contribution is -2.48. The Kier molecular flexibility index (Phi) is 10.0. The van der Waals surface area contributed by atoms with Gasteiger partial charge in [-0.2, -0.15) is 13.2 Å². The van der Waals surface area contributed by atoms with Crippen LogP contribution in [0.15, 0.2) is 65.6 Å². The molecule has 1 amide bonds. The number of carbonyl (C=O) groups excluding carboxylic acids is 1. The molecule has 0 N–H and O–H groups in total. The maximum atomic E-state index is 14.0. The van der Waals surface area contributed by atoms with E-state index in [-0.39, 0.29) is 34.5 Å². The lowest BCUT2D eigenvalue weighted by Gasteiger charge is -2.36. The third-order valence-corrected chi connectivity index (χ3v) is 8.18. The molecule has 1 atom stereocenters. The first-order valence-corrected chi connectivity index (χ1v) is 15.1. The van der Waals surface area contributed by atoms with Gasteiger partial charge in [-0.15, -0.1) is 0 Å². The molecule has 1 aliphatic heterocycles. The van der Waals surface area contributed by atoms with Crippen LogP contribution in [0.3, 0.4) is 0 Å². The summed E-state index contributed by atoms with van der Waals surface area (Å²) in [5.74, 6) is -1.04. The topological polar surface area (TPSA) is 83.8 Å². The Morgan fingerprint density at radius 2 is 1.78 bits per heavy atom. The first-order valence-electron chi connectivity index (χ1n) is 15.1. The molecule has 2 aromatic heterocycles. The number of halogens is 4. The fourth-order valence-corrected chi connectivity index (χ4v) is 5.59. The zero-order chi connectivity index (χ0) is 33.0. The number of likely N-dealkylation sites (N-methyl/N-ethyl adjacent to an activating group) is 1. The predicted molar refractivity (Wildman–Crippen MR) is 165 cm³/mol. The summed E-state index contributed by atoms with van der Waals surface area (Å²) in [6.07, 6.45) is -3.80. The number of hydrogen-bond acceptors (Lipinski definition) is 7. The van der Waals surface area contributed by atoms with Crippen LogP contribution in [0, 0.1) is 5.82 Å². The average molecular weight is 641 g/mol. The minimum atomic E-state index is -4.91. The molecule has 4 aromatic rings. The predicted octanol–water partition coefficient (Wildman–Crippen LogP) is 4.72. The summed E-state index contributed by atoms with van der Waals surface area (Å²) in [6.45, 7) is 8.06. The average Bonchev–Trinajstić information content (AvgIpc) is 3.03. The molecule has 13 heteroatoms. The lowest BCUT2D eigenvalue weighted by atomic mass is 10.1. The van der Waals surface area contributed by atoms with E-state index < -0.39 is 35.9 Å². The van der Waals surface area contributed by atoms with E-state index in [4.69, 9.17) is 9.72 Å². The zero-order valence-corrected chi connectivity index (χ0v) is 25.9. The van der Waals surface area contributed by atoms with Crippen molar-refractivity contribution in [2.24, 2.45) is 0 Å². The smallest absolute Gasteiger partial charge is 0.419 e. The highest BCUT2D eigenvalue weighted by Crippen LogP contribution is 2.32. The Labute approximate surface area is 264 Å². The van der Waals surface area contributed by atoms with E-state index in [1.165, 1.54) is 21.7 Å². The van der Waals surface area contributed by atoms with Gasteiger partial charge in [0.1, 0.15) is 17.4 Å². The third kappa shape index (κ3) is 7.37. The number of carbonyl (C=O) groups is 1. The molecule has 0 aliphatic carbocycles. The number of pyridine rings is 1. The molecule has 0 unspecified atom stereocenters. The molecule has 0 bridgehead atoms. The summed E-state index contributed by atoms with van der Waals surface area (Å²) in [5, 5.41) is 0.286. The maximum absolute atomic E-state index is 14.0. The molecule has 1 saturated heterocycles. The molecule has 0 radical (unpaired) electrons. The van der Waals surface area contributed by atoms with Crippen LogP contribution in [-0.4, -0.2) is 88.1 Å². The van der Waals surface area contributed by atoms with Crippen molar-refractivity contribution in [2.45, 2.75) is 32.5 Å². The highest BCUT2D eigenvalue weighted by atomic mass is 19.4. The van der Waals surface area contributed by atoms with E-state index in [2.05, 4.69) is 14.8 Å². The van der Waals surface area contributed by atoms with Crippen molar-refractivity contribution in [1.82, 2.24) is 29.2 Å². The molecule has 1 fully saturated rings. The largest absolute Gasteiger partial charge is 0.494 e. The van der Waals surface area contributed by atoms with Gasteiger partial charge in [0.15, 0.2) is 5.65 Å². The van der Waals surface area contributed by atoms with Crippen molar-refractivity contribution >= 4 is 16.9 Å². The van der Waals surface area contributed by atoms with E-state index in [9.17, 15) is 27.2 Å². The number of piperazine rings is 1. The van der Waals surface area contributed by atoms with E-state index in [1.807, 2.05) is 14.0 Å². The quantitative estimate of drug-likeness (QED) is 0.232. The van der Waals surface area contributed by atoms with Crippen LogP contribution in [0.25, 0.3) is 16.7 Å². The van der Waals surface area contributed by atoms with Crippen LogP contribution in [-0.2, 0) is 17.4 Å². The van der Waals surface area contributed by atoms with Gasteiger partial charge in [0.05, 0.1) is 35.7 Å². The second kappa shape index (κ2) is 14.0.